The Kier molecular flexibility index (Phi) is 9.25. The third-order valence-corrected chi connectivity index (χ3v) is 3.38. The summed E-state index contributed by atoms with van der Waals surface area (Å²) in [6, 6.07) is 12.9. The number of ether oxygens (including phenoxy) is 1. The van der Waals surface area contributed by atoms with Gasteiger partial charge in [0, 0.05) is 11.8 Å². The van der Waals surface area contributed by atoms with Gasteiger partial charge in [-0.1, -0.05) is 32.0 Å². The third kappa shape index (κ3) is 7.51. The first-order valence-corrected chi connectivity index (χ1v) is 7.98. The number of nitrogens with two attached hydrogens (primary N) is 1. The summed E-state index contributed by atoms with van der Waals surface area (Å²) in [6.07, 6.45) is -2.54. The summed E-state index contributed by atoms with van der Waals surface area (Å²) in [6.45, 7) is 3.76. The molecule has 0 radical (unpaired) electrons. The molecule has 2 rings (SSSR count). The molecule has 0 atom stereocenters. The molecule has 1 aromatic carbocycles. The summed E-state index contributed by atoms with van der Waals surface area (Å²) in [7, 11) is 0. The van der Waals surface area contributed by atoms with Gasteiger partial charge in [-0.05, 0) is 29.7 Å². The van der Waals surface area contributed by atoms with Crippen LogP contribution in [0.4, 0.5) is 14.5 Å². The van der Waals surface area contributed by atoms with Crippen LogP contribution in [0.2, 0.25) is 0 Å². The van der Waals surface area contributed by atoms with Crippen molar-refractivity contribution >= 4 is 35.6 Å². The Morgan fingerprint density at radius 3 is 2.65 bits per heavy atom. The number of rotatable bonds is 7. The van der Waals surface area contributed by atoms with Crippen LogP contribution in [0.15, 0.2) is 47.5 Å². The maximum atomic E-state index is 12.2. The molecule has 1 heterocycles. The summed E-state index contributed by atoms with van der Waals surface area (Å²) < 4.78 is 29.2. The minimum atomic E-state index is -2.54. The number of aliphatic imine (C=N–C) groups is 1. The largest absolute Gasteiger partial charge is 0.472 e. The second kappa shape index (κ2) is 10.9. The number of nitrogens with one attached hydrogen (secondary N) is 1. The van der Waals surface area contributed by atoms with E-state index in [-0.39, 0.29) is 42.4 Å². The zero-order valence-electron chi connectivity index (χ0n) is 14.7. The molecule has 1 aromatic heterocycles. The molecule has 142 valence electrons. The Morgan fingerprint density at radius 1 is 1.23 bits per heavy atom. The van der Waals surface area contributed by atoms with E-state index < -0.39 is 13.0 Å². The van der Waals surface area contributed by atoms with Gasteiger partial charge in [0.2, 0.25) is 5.88 Å². The monoisotopic (exact) mass is 476 g/mol. The number of hydrogen-bond donors (Lipinski definition) is 2. The van der Waals surface area contributed by atoms with E-state index in [1.54, 1.807) is 12.1 Å². The first-order chi connectivity index (χ1) is 11.9. The van der Waals surface area contributed by atoms with Gasteiger partial charge in [-0.25, -0.2) is 18.8 Å². The molecule has 0 bridgehead atoms. The average Bonchev–Trinajstić information content (AvgIpc) is 2.59. The summed E-state index contributed by atoms with van der Waals surface area (Å²) in [5.41, 5.74) is 8.53. The number of alkyl halides is 2. The Bertz CT molecular complexity index is 726. The number of halogens is 3. The highest BCUT2D eigenvalue weighted by Crippen LogP contribution is 2.18. The molecule has 0 unspecified atom stereocenters. The van der Waals surface area contributed by atoms with Crippen LogP contribution < -0.4 is 15.8 Å². The Balaban J connectivity index is 0.00000338. The Hall–Kier alpha value is -1.97. The predicted molar refractivity (Wildman–Crippen MR) is 111 cm³/mol. The summed E-state index contributed by atoms with van der Waals surface area (Å²) in [4.78, 5) is 8.33. The van der Waals surface area contributed by atoms with Crippen LogP contribution in [-0.4, -0.2) is 24.0 Å². The number of hydrogen-bond acceptors (Lipinski definition) is 3. The van der Waals surface area contributed by atoms with Crippen molar-refractivity contribution < 1.29 is 13.5 Å². The van der Waals surface area contributed by atoms with Gasteiger partial charge in [-0.3, -0.25) is 0 Å². The van der Waals surface area contributed by atoms with Crippen LogP contribution in [0.1, 0.15) is 31.0 Å². The fraction of sp³-hybridized carbons (Fsp3) is 0.333. The van der Waals surface area contributed by atoms with E-state index in [2.05, 4.69) is 35.2 Å². The smallest absolute Gasteiger partial charge is 0.272 e. The quantitative estimate of drug-likeness (QED) is 0.353. The highest BCUT2D eigenvalue weighted by molar-refractivity contribution is 14.0. The van der Waals surface area contributed by atoms with E-state index in [0.717, 1.165) is 5.69 Å². The summed E-state index contributed by atoms with van der Waals surface area (Å²) in [5.74, 6) is 0.811. The molecule has 2 aromatic rings. The number of benzene rings is 1. The SMILES string of the molecule is CC(C)c1cccc(NC(N)=NCc2cccc(OCC(F)F)n2)c1.I. The molecule has 0 spiro atoms. The van der Waals surface area contributed by atoms with Crippen LogP contribution in [0.25, 0.3) is 0 Å². The fourth-order valence-corrected chi connectivity index (χ4v) is 2.10. The number of nitrogens with zero attached hydrogens (tertiary/aromatic N) is 2. The van der Waals surface area contributed by atoms with E-state index in [4.69, 9.17) is 10.5 Å². The minimum Gasteiger partial charge on any atom is -0.472 e. The molecule has 0 aliphatic heterocycles. The lowest BCUT2D eigenvalue weighted by Gasteiger charge is -2.10. The standard InChI is InChI=1S/C18H22F2N4O.HI/c1-12(2)13-5-3-6-14(9-13)24-18(21)22-10-15-7-4-8-17(23-15)25-11-16(19)20;/h3-9,12,16H,10-11H2,1-2H3,(H3,21,22,24);1H. The van der Waals surface area contributed by atoms with Crippen molar-refractivity contribution in [1.29, 1.82) is 0 Å². The predicted octanol–water partition coefficient (Wildman–Crippen LogP) is 4.39. The highest BCUT2D eigenvalue weighted by Gasteiger charge is 2.05. The summed E-state index contributed by atoms with van der Waals surface area (Å²) in [5, 5.41) is 3.03. The van der Waals surface area contributed by atoms with Crippen molar-refractivity contribution in [2.45, 2.75) is 32.7 Å². The van der Waals surface area contributed by atoms with E-state index >= 15 is 0 Å². The first kappa shape index (κ1) is 22.1. The molecule has 0 aliphatic rings. The zero-order valence-corrected chi connectivity index (χ0v) is 17.0. The third-order valence-electron chi connectivity index (χ3n) is 3.38. The van der Waals surface area contributed by atoms with E-state index in [1.165, 1.54) is 11.6 Å². The van der Waals surface area contributed by atoms with Crippen LogP contribution in [0.3, 0.4) is 0 Å². The minimum absolute atomic E-state index is 0. The second-order valence-electron chi connectivity index (χ2n) is 5.78. The molecule has 8 heteroatoms. The van der Waals surface area contributed by atoms with Crippen LogP contribution in [-0.2, 0) is 6.54 Å². The van der Waals surface area contributed by atoms with Gasteiger partial charge < -0.3 is 15.8 Å². The zero-order chi connectivity index (χ0) is 18.2. The maximum Gasteiger partial charge on any atom is 0.272 e. The molecular weight excluding hydrogens is 453 g/mol. The van der Waals surface area contributed by atoms with E-state index in [9.17, 15) is 8.78 Å². The lowest BCUT2D eigenvalue weighted by molar-refractivity contribution is 0.0795. The van der Waals surface area contributed by atoms with Gasteiger partial charge in [-0.15, -0.1) is 24.0 Å². The van der Waals surface area contributed by atoms with Gasteiger partial charge in [0.1, 0.15) is 0 Å². The first-order valence-electron chi connectivity index (χ1n) is 7.98. The molecule has 3 N–H and O–H groups in total. The number of aromatic nitrogens is 1. The number of guanidine groups is 1. The molecule has 0 saturated heterocycles. The highest BCUT2D eigenvalue weighted by atomic mass is 127. The van der Waals surface area contributed by atoms with Crippen LogP contribution in [0, 0.1) is 0 Å². The fourth-order valence-electron chi connectivity index (χ4n) is 2.10. The molecule has 0 fully saturated rings. The van der Waals surface area contributed by atoms with Gasteiger partial charge in [-0.2, -0.15) is 0 Å². The van der Waals surface area contributed by atoms with Crippen molar-refractivity contribution in [1.82, 2.24) is 4.98 Å². The number of anilines is 1. The van der Waals surface area contributed by atoms with Gasteiger partial charge >= 0.3 is 0 Å². The molecule has 0 amide bonds. The van der Waals surface area contributed by atoms with Crippen molar-refractivity contribution in [2.75, 3.05) is 11.9 Å². The molecular formula is C18H23F2IN4O. The van der Waals surface area contributed by atoms with Crippen molar-refractivity contribution in [2.24, 2.45) is 10.7 Å². The van der Waals surface area contributed by atoms with Gasteiger partial charge in [0.25, 0.3) is 6.43 Å². The Labute approximate surface area is 169 Å². The molecule has 26 heavy (non-hydrogen) atoms. The van der Waals surface area contributed by atoms with Crippen molar-refractivity contribution in [3.63, 3.8) is 0 Å². The van der Waals surface area contributed by atoms with Crippen molar-refractivity contribution in [3.05, 3.63) is 53.7 Å². The lowest BCUT2D eigenvalue weighted by Crippen LogP contribution is -2.22. The molecule has 0 saturated carbocycles. The number of pyridine rings is 1. The van der Waals surface area contributed by atoms with Crippen LogP contribution in [0.5, 0.6) is 5.88 Å². The average molecular weight is 476 g/mol. The van der Waals surface area contributed by atoms with Crippen LogP contribution >= 0.6 is 24.0 Å². The second-order valence-corrected chi connectivity index (χ2v) is 5.78. The lowest BCUT2D eigenvalue weighted by atomic mass is 10.0. The Morgan fingerprint density at radius 2 is 1.96 bits per heavy atom. The molecule has 0 aliphatic carbocycles. The van der Waals surface area contributed by atoms with E-state index in [1.807, 2.05) is 18.2 Å². The van der Waals surface area contributed by atoms with E-state index in [0.29, 0.717) is 11.6 Å². The normalized spacial score (nSPS) is 11.4. The van der Waals surface area contributed by atoms with Crippen molar-refractivity contribution in [3.8, 4) is 5.88 Å². The maximum absolute atomic E-state index is 12.2. The van der Waals surface area contributed by atoms with Gasteiger partial charge in [0.05, 0.1) is 12.2 Å². The van der Waals surface area contributed by atoms with Gasteiger partial charge in [0.15, 0.2) is 12.6 Å². The summed E-state index contributed by atoms with van der Waals surface area (Å²) >= 11 is 0. The molecule has 5 nitrogen and oxygen atoms in total. The topological polar surface area (TPSA) is 72.5 Å².